The van der Waals surface area contributed by atoms with Crippen molar-refractivity contribution < 1.29 is 19.1 Å². The molecule has 0 spiro atoms. The Morgan fingerprint density at radius 1 is 0.973 bits per heavy atom. The number of hydrogen-bond donors (Lipinski definition) is 1. The Kier molecular flexibility index (Phi) is 5.71. The lowest BCUT2D eigenvalue weighted by molar-refractivity contribution is 0.0711. The van der Waals surface area contributed by atoms with E-state index >= 15 is 0 Å². The van der Waals surface area contributed by atoms with Crippen LogP contribution in [-0.4, -0.2) is 52.3 Å². The summed E-state index contributed by atoms with van der Waals surface area (Å²) in [5.41, 5.74) is 3.41. The third kappa shape index (κ3) is 4.04. The van der Waals surface area contributed by atoms with Crippen LogP contribution in [0.4, 0.5) is 5.69 Å². The molecule has 0 bridgehead atoms. The van der Waals surface area contributed by atoms with Gasteiger partial charge in [-0.3, -0.25) is 14.4 Å². The van der Waals surface area contributed by atoms with E-state index in [1.54, 1.807) is 42.5 Å². The first-order valence-corrected chi connectivity index (χ1v) is 12.5. The lowest BCUT2D eigenvalue weighted by Gasteiger charge is -2.31. The lowest BCUT2D eigenvalue weighted by Crippen LogP contribution is -2.38. The molecule has 1 aromatic heterocycles. The Balaban J connectivity index is 1.16. The number of rotatable bonds is 5. The normalized spacial score (nSPS) is 15.9. The Morgan fingerprint density at radius 2 is 1.70 bits per heavy atom. The van der Waals surface area contributed by atoms with E-state index in [9.17, 15) is 14.4 Å². The SMILES string of the molecule is CCOc1ccc(N2C(=O)c3ccc(C(=O)N4CCC(c5nc6ccccc6[nH]5)CC4)cc3C2=O)cc1. The zero-order valence-corrected chi connectivity index (χ0v) is 20.4. The number of para-hydroxylation sites is 2. The first-order valence-electron chi connectivity index (χ1n) is 12.5. The van der Waals surface area contributed by atoms with E-state index in [4.69, 9.17) is 9.72 Å². The summed E-state index contributed by atoms with van der Waals surface area (Å²) in [6.07, 6.45) is 1.61. The van der Waals surface area contributed by atoms with E-state index in [1.165, 1.54) is 0 Å². The van der Waals surface area contributed by atoms with Crippen molar-refractivity contribution in [3.8, 4) is 5.75 Å². The number of aromatic amines is 1. The molecular weight excluding hydrogens is 468 g/mol. The fourth-order valence-corrected chi connectivity index (χ4v) is 5.17. The number of nitrogens with zero attached hydrogens (tertiary/aromatic N) is 3. The van der Waals surface area contributed by atoms with Crippen molar-refractivity contribution in [2.75, 3.05) is 24.6 Å². The summed E-state index contributed by atoms with van der Waals surface area (Å²) in [6.45, 7) is 3.62. The number of carbonyl (C=O) groups excluding carboxylic acids is 3. The Labute approximate surface area is 213 Å². The zero-order chi connectivity index (χ0) is 25.5. The highest BCUT2D eigenvalue weighted by atomic mass is 16.5. The van der Waals surface area contributed by atoms with Crippen LogP contribution in [0.3, 0.4) is 0 Å². The predicted octanol–water partition coefficient (Wildman–Crippen LogP) is 4.78. The van der Waals surface area contributed by atoms with E-state index < -0.39 is 11.8 Å². The molecule has 1 N–H and O–H groups in total. The standard InChI is InChI=1S/C29H26N4O4/c1-2-37-21-10-8-20(9-11-21)33-28(35)22-12-7-19(17-23(22)29(33)36)27(34)32-15-13-18(14-16-32)26-30-24-5-3-4-6-25(24)31-26/h3-12,17-18H,2,13-16H2,1H3,(H,30,31). The van der Waals surface area contributed by atoms with Gasteiger partial charge in [0.2, 0.25) is 0 Å². The Morgan fingerprint density at radius 3 is 2.43 bits per heavy atom. The fourth-order valence-electron chi connectivity index (χ4n) is 5.17. The second-order valence-electron chi connectivity index (χ2n) is 9.34. The van der Waals surface area contributed by atoms with Crippen molar-refractivity contribution in [2.24, 2.45) is 0 Å². The molecule has 3 amide bonds. The van der Waals surface area contributed by atoms with Gasteiger partial charge in [0.05, 0.1) is 34.5 Å². The highest BCUT2D eigenvalue weighted by Gasteiger charge is 2.37. The smallest absolute Gasteiger partial charge is 0.266 e. The molecule has 8 heteroatoms. The number of H-pyrrole nitrogens is 1. The summed E-state index contributed by atoms with van der Waals surface area (Å²) in [5, 5.41) is 0. The molecule has 0 radical (unpaired) electrons. The van der Waals surface area contributed by atoms with Crippen molar-refractivity contribution >= 4 is 34.4 Å². The van der Waals surface area contributed by atoms with Crippen molar-refractivity contribution in [2.45, 2.75) is 25.7 Å². The molecule has 6 rings (SSSR count). The number of fused-ring (bicyclic) bond motifs is 2. The highest BCUT2D eigenvalue weighted by molar-refractivity contribution is 6.34. The number of hydrogen-bond acceptors (Lipinski definition) is 5. The highest BCUT2D eigenvalue weighted by Crippen LogP contribution is 2.32. The van der Waals surface area contributed by atoms with Gasteiger partial charge in [0.25, 0.3) is 17.7 Å². The maximum absolute atomic E-state index is 13.3. The van der Waals surface area contributed by atoms with Crippen LogP contribution in [0.5, 0.6) is 5.75 Å². The number of ether oxygens (including phenoxy) is 1. The molecular formula is C29H26N4O4. The summed E-state index contributed by atoms with van der Waals surface area (Å²) in [5.74, 6) is 0.935. The van der Waals surface area contributed by atoms with Crippen LogP contribution in [0.1, 0.15) is 62.6 Å². The minimum atomic E-state index is -0.428. The van der Waals surface area contributed by atoms with Gasteiger partial charge < -0.3 is 14.6 Å². The zero-order valence-electron chi connectivity index (χ0n) is 20.4. The molecule has 186 valence electrons. The van der Waals surface area contributed by atoms with E-state index in [0.717, 1.165) is 34.6 Å². The van der Waals surface area contributed by atoms with Gasteiger partial charge in [-0.1, -0.05) is 12.1 Å². The molecule has 1 fully saturated rings. The second-order valence-corrected chi connectivity index (χ2v) is 9.34. The first-order chi connectivity index (χ1) is 18.0. The van der Waals surface area contributed by atoms with E-state index in [1.807, 2.05) is 36.1 Å². The molecule has 0 unspecified atom stereocenters. The second kappa shape index (κ2) is 9.20. The minimum absolute atomic E-state index is 0.134. The van der Waals surface area contributed by atoms with Crippen LogP contribution < -0.4 is 9.64 Å². The number of benzene rings is 3. The Hall–Kier alpha value is -4.46. The number of imide groups is 1. The van der Waals surface area contributed by atoms with Crippen LogP contribution in [0.15, 0.2) is 66.7 Å². The first kappa shape index (κ1) is 23.0. The number of likely N-dealkylation sites (tertiary alicyclic amines) is 1. The van der Waals surface area contributed by atoms with Gasteiger partial charge in [-0.15, -0.1) is 0 Å². The number of carbonyl (C=O) groups is 3. The summed E-state index contributed by atoms with van der Waals surface area (Å²) in [6, 6.07) is 19.6. The maximum atomic E-state index is 13.3. The monoisotopic (exact) mass is 494 g/mol. The van der Waals surface area contributed by atoms with Gasteiger partial charge in [-0.05, 0) is 74.4 Å². The largest absolute Gasteiger partial charge is 0.494 e. The molecule has 4 aromatic rings. The molecule has 1 saturated heterocycles. The van der Waals surface area contributed by atoms with Gasteiger partial charge in [0.15, 0.2) is 0 Å². The van der Waals surface area contributed by atoms with Crippen molar-refractivity contribution in [1.82, 2.24) is 14.9 Å². The molecule has 3 aromatic carbocycles. The topological polar surface area (TPSA) is 95.6 Å². The number of imidazole rings is 1. The third-order valence-electron chi connectivity index (χ3n) is 7.12. The molecule has 3 heterocycles. The summed E-state index contributed by atoms with van der Waals surface area (Å²) < 4.78 is 5.45. The lowest BCUT2D eigenvalue weighted by atomic mass is 9.95. The van der Waals surface area contributed by atoms with Gasteiger partial charge in [-0.25, -0.2) is 9.88 Å². The van der Waals surface area contributed by atoms with Crippen molar-refractivity contribution in [3.63, 3.8) is 0 Å². The summed E-state index contributed by atoms with van der Waals surface area (Å²) in [7, 11) is 0. The maximum Gasteiger partial charge on any atom is 0.266 e. The fraction of sp³-hybridized carbons (Fsp3) is 0.241. The molecule has 0 saturated carbocycles. The molecule has 8 nitrogen and oxygen atoms in total. The average molecular weight is 495 g/mol. The molecule has 2 aliphatic rings. The number of amides is 3. The molecule has 0 aliphatic carbocycles. The van der Waals surface area contributed by atoms with E-state index in [0.29, 0.717) is 42.3 Å². The molecule has 37 heavy (non-hydrogen) atoms. The number of piperidine rings is 1. The van der Waals surface area contributed by atoms with Crippen LogP contribution >= 0.6 is 0 Å². The van der Waals surface area contributed by atoms with Crippen LogP contribution in [0.2, 0.25) is 0 Å². The predicted molar refractivity (Wildman–Crippen MR) is 139 cm³/mol. The van der Waals surface area contributed by atoms with E-state index in [-0.39, 0.29) is 17.4 Å². The number of nitrogens with one attached hydrogen (secondary N) is 1. The number of anilines is 1. The van der Waals surface area contributed by atoms with E-state index in [2.05, 4.69) is 4.98 Å². The average Bonchev–Trinajstić information content (AvgIpc) is 3.48. The summed E-state index contributed by atoms with van der Waals surface area (Å²) >= 11 is 0. The van der Waals surface area contributed by atoms with Crippen LogP contribution in [-0.2, 0) is 0 Å². The van der Waals surface area contributed by atoms with Gasteiger partial charge >= 0.3 is 0 Å². The van der Waals surface area contributed by atoms with Crippen LogP contribution in [0.25, 0.3) is 11.0 Å². The molecule has 2 aliphatic heterocycles. The van der Waals surface area contributed by atoms with Gasteiger partial charge in [0.1, 0.15) is 11.6 Å². The minimum Gasteiger partial charge on any atom is -0.494 e. The summed E-state index contributed by atoms with van der Waals surface area (Å²) in [4.78, 5) is 50.6. The quantitative estimate of drug-likeness (QED) is 0.403. The van der Waals surface area contributed by atoms with Crippen LogP contribution in [0, 0.1) is 0 Å². The van der Waals surface area contributed by atoms with Gasteiger partial charge in [-0.2, -0.15) is 0 Å². The van der Waals surface area contributed by atoms with Crippen molar-refractivity contribution in [1.29, 1.82) is 0 Å². The van der Waals surface area contributed by atoms with Gasteiger partial charge in [0, 0.05) is 24.6 Å². The third-order valence-corrected chi connectivity index (χ3v) is 7.12. The Bertz CT molecular complexity index is 1480. The molecule has 0 atom stereocenters. The van der Waals surface area contributed by atoms with Crippen molar-refractivity contribution in [3.05, 3.63) is 89.2 Å². The number of aromatic nitrogens is 2.